The van der Waals surface area contributed by atoms with Crippen LogP contribution in [0.1, 0.15) is 26.2 Å². The zero-order chi connectivity index (χ0) is 15.4. The number of carbonyl (C=O) groups is 4. The van der Waals surface area contributed by atoms with Crippen molar-refractivity contribution in [2.24, 2.45) is 0 Å². The lowest BCUT2D eigenvalue weighted by Gasteiger charge is -2.32. The van der Waals surface area contributed by atoms with Gasteiger partial charge in [-0.1, -0.05) is 11.8 Å². The maximum absolute atomic E-state index is 12.0. The van der Waals surface area contributed by atoms with Crippen LogP contribution < -0.4 is 5.32 Å². The first-order valence-corrected chi connectivity index (χ1v) is 8.05. The lowest BCUT2D eigenvalue weighted by Crippen LogP contribution is -2.50. The predicted molar refractivity (Wildman–Crippen MR) is 77.6 cm³/mol. The minimum atomic E-state index is -0.671. The van der Waals surface area contributed by atoms with E-state index in [4.69, 9.17) is 0 Å². The van der Waals surface area contributed by atoms with Gasteiger partial charge >= 0.3 is 11.8 Å². The number of nitrogens with zero attached hydrogens (tertiary/aromatic N) is 2. The summed E-state index contributed by atoms with van der Waals surface area (Å²) in [5.74, 6) is -1.31. The molecule has 0 spiro atoms. The van der Waals surface area contributed by atoms with Gasteiger partial charge in [-0.3, -0.25) is 24.1 Å². The second-order valence-electron chi connectivity index (χ2n) is 5.20. The number of hydrogen-bond donors (Lipinski definition) is 1. The predicted octanol–water partition coefficient (Wildman–Crippen LogP) is 0.199. The van der Waals surface area contributed by atoms with E-state index < -0.39 is 11.8 Å². The molecule has 7 nitrogen and oxygen atoms in total. The summed E-state index contributed by atoms with van der Waals surface area (Å²) in [6, 6.07) is 0.0788. The Balaban J connectivity index is 1.77. The van der Waals surface area contributed by atoms with Crippen molar-refractivity contribution >= 4 is 34.7 Å². The van der Waals surface area contributed by atoms with E-state index in [2.05, 4.69) is 5.32 Å². The molecular weight excluding hydrogens is 294 g/mol. The van der Waals surface area contributed by atoms with Crippen molar-refractivity contribution in [2.45, 2.75) is 32.2 Å². The second-order valence-corrected chi connectivity index (χ2v) is 6.13. The summed E-state index contributed by atoms with van der Waals surface area (Å²) in [6.07, 6.45) is 2.90. The highest BCUT2D eigenvalue weighted by molar-refractivity contribution is 8.14. The third-order valence-corrected chi connectivity index (χ3v) is 4.58. The molecule has 116 valence electrons. The lowest BCUT2D eigenvalue weighted by molar-refractivity contribution is -0.148. The average molecular weight is 313 g/mol. The van der Waals surface area contributed by atoms with Crippen LogP contribution in [-0.2, 0) is 14.4 Å². The van der Waals surface area contributed by atoms with E-state index in [-0.39, 0.29) is 36.0 Å². The Morgan fingerprint density at radius 1 is 1.33 bits per heavy atom. The van der Waals surface area contributed by atoms with E-state index >= 15 is 0 Å². The number of imide groups is 1. The molecule has 1 atom stereocenters. The SMILES string of the molecule is CC1CCCCN1C(=O)C(=O)NCCN1C(=O)CSC1=O. The Morgan fingerprint density at radius 3 is 2.71 bits per heavy atom. The van der Waals surface area contributed by atoms with E-state index in [9.17, 15) is 19.2 Å². The van der Waals surface area contributed by atoms with Gasteiger partial charge in [-0.05, 0) is 26.2 Å². The minimum absolute atomic E-state index is 0.0788. The zero-order valence-electron chi connectivity index (χ0n) is 12.0. The molecule has 21 heavy (non-hydrogen) atoms. The number of nitrogens with one attached hydrogen (secondary N) is 1. The number of thioether (sulfide) groups is 1. The standard InChI is InChI=1S/C13H19N3O4S/c1-9-4-2-3-6-15(9)12(19)11(18)14-5-7-16-10(17)8-21-13(16)20/h9H,2-8H2,1H3,(H,14,18). The maximum atomic E-state index is 12.0. The molecule has 0 aromatic rings. The Labute approximate surface area is 127 Å². The molecule has 2 aliphatic rings. The lowest BCUT2D eigenvalue weighted by atomic mass is 10.0. The summed E-state index contributed by atoms with van der Waals surface area (Å²) in [5.41, 5.74) is 0. The quantitative estimate of drug-likeness (QED) is 0.752. The third kappa shape index (κ3) is 3.75. The van der Waals surface area contributed by atoms with E-state index in [1.807, 2.05) is 6.92 Å². The first kappa shape index (κ1) is 15.8. The Hall–Kier alpha value is -1.57. The van der Waals surface area contributed by atoms with E-state index in [1.165, 1.54) is 0 Å². The van der Waals surface area contributed by atoms with Crippen molar-refractivity contribution in [3.05, 3.63) is 0 Å². The molecule has 2 heterocycles. The van der Waals surface area contributed by atoms with Gasteiger partial charge in [0.05, 0.1) is 5.75 Å². The van der Waals surface area contributed by atoms with E-state index in [1.54, 1.807) is 4.90 Å². The van der Waals surface area contributed by atoms with Crippen molar-refractivity contribution < 1.29 is 19.2 Å². The number of amides is 4. The number of rotatable bonds is 3. The molecule has 4 amide bonds. The number of likely N-dealkylation sites (tertiary alicyclic amines) is 1. The second kappa shape index (κ2) is 6.93. The first-order chi connectivity index (χ1) is 10.0. The smallest absolute Gasteiger partial charge is 0.312 e. The van der Waals surface area contributed by atoms with Crippen LogP contribution in [0.2, 0.25) is 0 Å². The van der Waals surface area contributed by atoms with Gasteiger partial charge in [0, 0.05) is 25.7 Å². The molecule has 0 aromatic heterocycles. The fourth-order valence-electron chi connectivity index (χ4n) is 2.48. The highest BCUT2D eigenvalue weighted by Gasteiger charge is 2.31. The van der Waals surface area contributed by atoms with Crippen LogP contribution in [-0.4, -0.2) is 64.2 Å². The van der Waals surface area contributed by atoms with Crippen LogP contribution in [0.3, 0.4) is 0 Å². The van der Waals surface area contributed by atoms with Crippen molar-refractivity contribution in [3.63, 3.8) is 0 Å². The Morgan fingerprint density at radius 2 is 2.10 bits per heavy atom. The first-order valence-electron chi connectivity index (χ1n) is 7.06. The molecular formula is C13H19N3O4S. The van der Waals surface area contributed by atoms with Gasteiger partial charge in [0.1, 0.15) is 0 Å². The summed E-state index contributed by atoms with van der Waals surface area (Å²) in [6.45, 7) is 2.75. The fourth-order valence-corrected chi connectivity index (χ4v) is 3.24. The van der Waals surface area contributed by atoms with Crippen molar-refractivity contribution in [3.8, 4) is 0 Å². The van der Waals surface area contributed by atoms with Crippen LogP contribution in [0.5, 0.6) is 0 Å². The Bertz CT molecular complexity index is 452. The number of carbonyl (C=O) groups excluding carboxylic acids is 4. The molecule has 1 unspecified atom stereocenters. The van der Waals surface area contributed by atoms with Gasteiger partial charge in [0.15, 0.2) is 0 Å². The number of hydrogen-bond acceptors (Lipinski definition) is 5. The summed E-state index contributed by atoms with van der Waals surface area (Å²) in [7, 11) is 0. The molecule has 2 fully saturated rings. The molecule has 2 saturated heterocycles. The summed E-state index contributed by atoms with van der Waals surface area (Å²) >= 11 is 0.951. The highest BCUT2D eigenvalue weighted by atomic mass is 32.2. The van der Waals surface area contributed by atoms with Crippen LogP contribution in [0.25, 0.3) is 0 Å². The van der Waals surface area contributed by atoms with Gasteiger partial charge in [0.25, 0.3) is 5.24 Å². The van der Waals surface area contributed by atoms with Crippen molar-refractivity contribution in [2.75, 3.05) is 25.4 Å². The molecule has 0 radical (unpaired) electrons. The van der Waals surface area contributed by atoms with E-state index in [0.717, 1.165) is 35.9 Å². The molecule has 0 bridgehead atoms. The van der Waals surface area contributed by atoms with E-state index in [0.29, 0.717) is 6.54 Å². The van der Waals surface area contributed by atoms with Gasteiger partial charge in [0.2, 0.25) is 5.91 Å². The average Bonchev–Trinajstić information content (AvgIpc) is 2.78. The number of piperidine rings is 1. The van der Waals surface area contributed by atoms with Crippen LogP contribution in [0.4, 0.5) is 4.79 Å². The maximum Gasteiger partial charge on any atom is 0.312 e. The molecule has 2 aliphatic heterocycles. The normalized spacial score (nSPS) is 22.6. The van der Waals surface area contributed by atoms with Crippen LogP contribution in [0, 0.1) is 0 Å². The van der Waals surface area contributed by atoms with Gasteiger partial charge in [-0.25, -0.2) is 0 Å². The van der Waals surface area contributed by atoms with Gasteiger partial charge in [-0.15, -0.1) is 0 Å². The zero-order valence-corrected chi connectivity index (χ0v) is 12.8. The molecule has 8 heteroatoms. The minimum Gasteiger partial charge on any atom is -0.346 e. The highest BCUT2D eigenvalue weighted by Crippen LogP contribution is 2.18. The van der Waals surface area contributed by atoms with Crippen LogP contribution in [0.15, 0.2) is 0 Å². The molecule has 2 rings (SSSR count). The molecule has 0 aromatic carbocycles. The summed E-state index contributed by atoms with van der Waals surface area (Å²) in [5, 5.41) is 2.18. The summed E-state index contributed by atoms with van der Waals surface area (Å²) in [4.78, 5) is 49.3. The molecule has 0 saturated carbocycles. The Kier molecular flexibility index (Phi) is 5.22. The molecule has 0 aliphatic carbocycles. The van der Waals surface area contributed by atoms with Crippen molar-refractivity contribution in [1.29, 1.82) is 0 Å². The van der Waals surface area contributed by atoms with Crippen molar-refractivity contribution in [1.82, 2.24) is 15.1 Å². The monoisotopic (exact) mass is 313 g/mol. The largest absolute Gasteiger partial charge is 0.346 e. The fraction of sp³-hybridized carbons (Fsp3) is 0.692. The molecule has 1 N–H and O–H groups in total. The van der Waals surface area contributed by atoms with Gasteiger partial charge < -0.3 is 10.2 Å². The van der Waals surface area contributed by atoms with Crippen LogP contribution >= 0.6 is 11.8 Å². The summed E-state index contributed by atoms with van der Waals surface area (Å²) < 4.78 is 0. The van der Waals surface area contributed by atoms with Gasteiger partial charge in [-0.2, -0.15) is 0 Å². The topological polar surface area (TPSA) is 86.8 Å². The third-order valence-electron chi connectivity index (χ3n) is 3.72.